The molecule has 0 aliphatic carbocycles. The van der Waals surface area contributed by atoms with Gasteiger partial charge in [-0.2, -0.15) is 0 Å². The monoisotopic (exact) mass is 261 g/mol. The highest BCUT2D eigenvalue weighted by Crippen LogP contribution is 2.51. The van der Waals surface area contributed by atoms with E-state index in [-0.39, 0.29) is 24.4 Å². The van der Waals surface area contributed by atoms with Crippen LogP contribution in [0.2, 0.25) is 0 Å². The number of rotatable bonds is 6. The van der Waals surface area contributed by atoms with Crippen LogP contribution in [-0.2, 0) is 13.6 Å². The lowest BCUT2D eigenvalue weighted by Crippen LogP contribution is -3.00. The van der Waals surface area contributed by atoms with Crippen LogP contribution in [0.25, 0.3) is 0 Å². The Morgan fingerprint density at radius 1 is 1.40 bits per heavy atom. The van der Waals surface area contributed by atoms with E-state index in [1.165, 1.54) is 14.2 Å². The summed E-state index contributed by atoms with van der Waals surface area (Å²) in [6, 6.07) is -0.356. The van der Waals surface area contributed by atoms with Crippen LogP contribution in [0.5, 0.6) is 0 Å². The number of hydrogen-bond donors (Lipinski definition) is 2. The molecular formula is C8H21ClNO4P. The Kier molecular flexibility index (Phi) is 9.00. The Labute approximate surface area is 97.3 Å². The Morgan fingerprint density at radius 2 is 1.80 bits per heavy atom. The predicted molar refractivity (Wildman–Crippen MR) is 53.8 cm³/mol. The number of aliphatic hydroxyl groups excluding tert-OH is 1. The molecule has 0 saturated heterocycles. The van der Waals surface area contributed by atoms with Crippen molar-refractivity contribution in [3.05, 3.63) is 0 Å². The second kappa shape index (κ2) is 7.60. The first-order valence-electron chi connectivity index (χ1n) is 4.65. The highest BCUT2D eigenvalue weighted by atomic mass is 35.5. The highest BCUT2D eigenvalue weighted by molar-refractivity contribution is 7.54. The SMILES string of the molecule is CC[C@H](C)[C@H]([NH3+])[C@@H](O)P(=O)(OC)OC.[Cl-]. The van der Waals surface area contributed by atoms with Crippen LogP contribution in [0.1, 0.15) is 20.3 Å². The van der Waals surface area contributed by atoms with Gasteiger partial charge in [0, 0.05) is 20.1 Å². The van der Waals surface area contributed by atoms with Gasteiger partial charge >= 0.3 is 7.60 Å². The van der Waals surface area contributed by atoms with Crippen molar-refractivity contribution in [3.8, 4) is 0 Å². The fourth-order valence-corrected chi connectivity index (χ4v) is 2.47. The largest absolute Gasteiger partial charge is 1.00 e. The van der Waals surface area contributed by atoms with Gasteiger partial charge in [0.2, 0.25) is 5.85 Å². The third-order valence-electron chi connectivity index (χ3n) is 2.59. The maximum atomic E-state index is 11.8. The summed E-state index contributed by atoms with van der Waals surface area (Å²) >= 11 is 0. The molecule has 0 aliphatic heterocycles. The van der Waals surface area contributed by atoms with Gasteiger partial charge in [-0.05, 0) is 6.42 Å². The summed E-state index contributed by atoms with van der Waals surface area (Å²) in [5, 5.41) is 9.76. The molecule has 0 aromatic heterocycles. The Morgan fingerprint density at radius 3 is 2.07 bits per heavy atom. The van der Waals surface area contributed by atoms with E-state index >= 15 is 0 Å². The van der Waals surface area contributed by atoms with Gasteiger partial charge in [0.15, 0.2) is 0 Å². The molecule has 0 radical (unpaired) electrons. The van der Waals surface area contributed by atoms with E-state index in [2.05, 4.69) is 5.73 Å². The number of hydrogen-bond acceptors (Lipinski definition) is 4. The molecule has 0 aromatic rings. The molecule has 0 heterocycles. The average Bonchev–Trinajstić information content (AvgIpc) is 2.24. The van der Waals surface area contributed by atoms with Crippen LogP contribution in [0.4, 0.5) is 0 Å². The van der Waals surface area contributed by atoms with Crippen LogP contribution in [0.3, 0.4) is 0 Å². The number of quaternary nitrogens is 1. The van der Waals surface area contributed by atoms with Crippen LogP contribution in [0, 0.1) is 5.92 Å². The van der Waals surface area contributed by atoms with Gasteiger partial charge in [-0.25, -0.2) is 0 Å². The second-order valence-corrected chi connectivity index (χ2v) is 5.71. The topological polar surface area (TPSA) is 83.4 Å². The van der Waals surface area contributed by atoms with Gasteiger partial charge in [0.1, 0.15) is 6.04 Å². The predicted octanol–water partition coefficient (Wildman–Crippen LogP) is -2.55. The van der Waals surface area contributed by atoms with Crippen LogP contribution in [-0.4, -0.2) is 31.2 Å². The zero-order valence-corrected chi connectivity index (χ0v) is 11.3. The minimum Gasteiger partial charge on any atom is -1.00 e. The maximum absolute atomic E-state index is 11.8. The van der Waals surface area contributed by atoms with Gasteiger partial charge in [0.05, 0.1) is 0 Å². The minimum absolute atomic E-state index is 0. The molecule has 0 aliphatic rings. The molecule has 5 nitrogen and oxygen atoms in total. The quantitative estimate of drug-likeness (QED) is 0.516. The molecule has 0 fully saturated rings. The first kappa shape index (κ1) is 17.7. The molecule has 7 heteroatoms. The molecule has 4 N–H and O–H groups in total. The van der Waals surface area contributed by atoms with Gasteiger partial charge in [-0.3, -0.25) is 4.57 Å². The van der Waals surface area contributed by atoms with Gasteiger partial charge < -0.3 is 32.3 Å². The zero-order valence-electron chi connectivity index (χ0n) is 9.64. The molecule has 0 bridgehead atoms. The third-order valence-corrected chi connectivity index (χ3v) is 4.64. The van der Waals surface area contributed by atoms with Crippen molar-refractivity contribution >= 4 is 7.60 Å². The third kappa shape index (κ3) is 4.39. The molecular weight excluding hydrogens is 241 g/mol. The summed E-state index contributed by atoms with van der Waals surface area (Å²) in [5.41, 5.74) is 3.79. The van der Waals surface area contributed by atoms with Gasteiger partial charge in [-0.1, -0.05) is 13.8 Å². The van der Waals surface area contributed by atoms with Crippen LogP contribution < -0.4 is 18.1 Å². The molecule has 0 saturated carbocycles. The Hall–Kier alpha value is 0.360. The first-order valence-corrected chi connectivity index (χ1v) is 6.26. The van der Waals surface area contributed by atoms with Gasteiger partial charge in [0.25, 0.3) is 0 Å². The lowest BCUT2D eigenvalue weighted by molar-refractivity contribution is -0.443. The van der Waals surface area contributed by atoms with E-state index in [0.717, 1.165) is 6.42 Å². The van der Waals surface area contributed by atoms with E-state index < -0.39 is 13.4 Å². The lowest BCUT2D eigenvalue weighted by atomic mass is 10.0. The maximum Gasteiger partial charge on any atom is 0.364 e. The van der Waals surface area contributed by atoms with Gasteiger partial charge in [-0.15, -0.1) is 0 Å². The Balaban J connectivity index is 0. The van der Waals surface area contributed by atoms with Crippen LogP contribution in [0.15, 0.2) is 0 Å². The summed E-state index contributed by atoms with van der Waals surface area (Å²) in [6.07, 6.45) is 0.860. The van der Waals surface area contributed by atoms with E-state index in [9.17, 15) is 9.67 Å². The van der Waals surface area contributed by atoms with Crippen molar-refractivity contribution < 1.29 is 36.9 Å². The normalized spacial score (nSPS) is 17.7. The number of halogens is 1. The van der Waals surface area contributed by atoms with E-state index in [0.29, 0.717) is 0 Å². The molecule has 0 unspecified atom stereocenters. The summed E-state index contributed by atoms with van der Waals surface area (Å²) in [7, 11) is -0.881. The molecule has 3 atom stereocenters. The standard InChI is InChI=1S/C8H20NO4P.ClH/c1-5-6(2)7(9)8(10)14(11,12-3)13-4;/h6-8,10H,5,9H2,1-4H3;1H/t6-,7-,8-;/m0./s1. The molecule has 15 heavy (non-hydrogen) atoms. The second-order valence-electron chi connectivity index (χ2n) is 3.37. The fraction of sp³-hybridized carbons (Fsp3) is 1.00. The zero-order chi connectivity index (χ0) is 11.4. The van der Waals surface area contributed by atoms with E-state index in [1.54, 1.807) is 0 Å². The van der Waals surface area contributed by atoms with Crippen molar-refractivity contribution in [2.24, 2.45) is 5.92 Å². The molecule has 0 aromatic carbocycles. The smallest absolute Gasteiger partial charge is 0.364 e. The van der Waals surface area contributed by atoms with Crippen molar-refractivity contribution in [2.45, 2.75) is 32.2 Å². The summed E-state index contributed by atoms with van der Waals surface area (Å²) in [5.74, 6) is -0.990. The fourth-order valence-electron chi connectivity index (χ4n) is 1.12. The van der Waals surface area contributed by atoms with Crippen LogP contribution >= 0.6 is 7.60 Å². The summed E-state index contributed by atoms with van der Waals surface area (Å²) in [6.45, 7) is 3.93. The number of aliphatic hydroxyl groups is 1. The summed E-state index contributed by atoms with van der Waals surface area (Å²) < 4.78 is 21.2. The molecule has 94 valence electrons. The summed E-state index contributed by atoms with van der Waals surface area (Å²) in [4.78, 5) is 0. The van der Waals surface area contributed by atoms with E-state index in [4.69, 9.17) is 9.05 Å². The van der Waals surface area contributed by atoms with Crippen molar-refractivity contribution in [3.63, 3.8) is 0 Å². The molecule has 0 amide bonds. The lowest BCUT2D eigenvalue weighted by Gasteiger charge is -2.25. The van der Waals surface area contributed by atoms with Crippen molar-refractivity contribution in [1.29, 1.82) is 0 Å². The van der Waals surface area contributed by atoms with Crippen molar-refractivity contribution in [1.82, 2.24) is 0 Å². The Bertz CT molecular complexity index is 209. The highest BCUT2D eigenvalue weighted by Gasteiger charge is 2.41. The van der Waals surface area contributed by atoms with Crippen molar-refractivity contribution in [2.75, 3.05) is 14.2 Å². The minimum atomic E-state index is -3.40. The first-order chi connectivity index (χ1) is 6.42. The molecule has 0 spiro atoms. The average molecular weight is 262 g/mol. The molecule has 0 rings (SSSR count). The van der Waals surface area contributed by atoms with E-state index in [1.807, 2.05) is 13.8 Å².